The van der Waals surface area contributed by atoms with Gasteiger partial charge in [-0.3, -0.25) is 9.98 Å². The summed E-state index contributed by atoms with van der Waals surface area (Å²) in [6, 6.07) is 15.1. The maximum atomic E-state index is 12.4. The fourth-order valence-electron chi connectivity index (χ4n) is 3.23. The molecule has 2 aromatic carbocycles. The molecule has 0 spiro atoms. The molecule has 2 aromatic rings. The van der Waals surface area contributed by atoms with Crippen molar-refractivity contribution in [2.45, 2.75) is 12.8 Å². The number of halogens is 1. The van der Waals surface area contributed by atoms with Gasteiger partial charge in [0, 0.05) is 48.7 Å². The van der Waals surface area contributed by atoms with E-state index in [-0.39, 0.29) is 18.4 Å². The number of nitrogens with one attached hydrogen (secondary N) is 4. The van der Waals surface area contributed by atoms with Crippen LogP contribution in [0.5, 0.6) is 0 Å². The van der Waals surface area contributed by atoms with Crippen molar-refractivity contribution >= 4 is 41.5 Å². The molecule has 0 bridgehead atoms. The van der Waals surface area contributed by atoms with Crippen LogP contribution in [0, 0.1) is 0 Å². The molecule has 0 radical (unpaired) electrons. The van der Waals surface area contributed by atoms with Crippen LogP contribution in [-0.2, 0) is 0 Å². The number of amides is 2. The number of nitrogens with zero attached hydrogens (tertiary/aromatic N) is 2. The number of hydrogen-bond acceptors (Lipinski definition) is 5. The zero-order valence-electron chi connectivity index (χ0n) is 16.1. The highest BCUT2D eigenvalue weighted by molar-refractivity contribution is 6.04. The minimum Gasteiger partial charge on any atom is -0.370 e. The van der Waals surface area contributed by atoms with Crippen LogP contribution in [0.1, 0.15) is 24.0 Å². The van der Waals surface area contributed by atoms with Gasteiger partial charge in [-0.25, -0.2) is 4.79 Å². The van der Waals surface area contributed by atoms with Crippen LogP contribution in [-0.4, -0.2) is 43.9 Å². The average Bonchev–Trinajstić information content (AvgIpc) is 2.75. The van der Waals surface area contributed by atoms with Crippen LogP contribution >= 0.6 is 12.4 Å². The van der Waals surface area contributed by atoms with Crippen LogP contribution in [0.3, 0.4) is 0 Å². The molecular weight excluding hydrogens is 388 g/mol. The predicted molar refractivity (Wildman–Crippen MR) is 121 cm³/mol. The molecule has 2 aliphatic rings. The van der Waals surface area contributed by atoms with E-state index in [1.54, 1.807) is 0 Å². The van der Waals surface area contributed by atoms with Gasteiger partial charge in [-0.15, -0.1) is 12.4 Å². The highest BCUT2D eigenvalue weighted by Crippen LogP contribution is 2.15. The smallest absolute Gasteiger partial charge is 0.323 e. The average molecular weight is 413 g/mol. The largest absolute Gasteiger partial charge is 0.370 e. The van der Waals surface area contributed by atoms with E-state index in [1.807, 2.05) is 48.5 Å². The Morgan fingerprint density at radius 3 is 1.69 bits per heavy atom. The Bertz CT molecular complexity index is 853. The van der Waals surface area contributed by atoms with Crippen molar-refractivity contribution in [2.24, 2.45) is 9.98 Å². The summed E-state index contributed by atoms with van der Waals surface area (Å²) in [5, 5.41) is 12.4. The second-order valence-electron chi connectivity index (χ2n) is 6.76. The normalized spacial score (nSPS) is 15.6. The Morgan fingerprint density at radius 2 is 1.28 bits per heavy atom. The predicted octanol–water partition coefficient (Wildman–Crippen LogP) is 3.23. The summed E-state index contributed by atoms with van der Waals surface area (Å²) in [7, 11) is 0. The molecule has 0 saturated carbocycles. The SMILES string of the molecule is Cl.O=C(Nc1cccc(C2=NCCCN2)c1)Nc1cccc(C2=NCCCN2)c1. The van der Waals surface area contributed by atoms with E-state index in [9.17, 15) is 4.79 Å². The second kappa shape index (κ2) is 9.93. The number of amidine groups is 2. The third-order valence-corrected chi connectivity index (χ3v) is 4.58. The summed E-state index contributed by atoms with van der Waals surface area (Å²) < 4.78 is 0. The minimum atomic E-state index is -0.286. The van der Waals surface area contributed by atoms with Gasteiger partial charge in [0.2, 0.25) is 0 Å². The molecule has 7 nitrogen and oxygen atoms in total. The molecule has 4 rings (SSSR count). The summed E-state index contributed by atoms with van der Waals surface area (Å²) in [5.41, 5.74) is 3.39. The van der Waals surface area contributed by atoms with Gasteiger partial charge in [-0.1, -0.05) is 24.3 Å². The molecule has 152 valence electrons. The van der Waals surface area contributed by atoms with E-state index < -0.39 is 0 Å². The number of hydrogen-bond donors (Lipinski definition) is 4. The molecule has 2 amide bonds. The van der Waals surface area contributed by atoms with Crippen molar-refractivity contribution in [3.8, 4) is 0 Å². The van der Waals surface area contributed by atoms with E-state index in [4.69, 9.17) is 0 Å². The molecule has 0 unspecified atom stereocenters. The summed E-state index contributed by atoms with van der Waals surface area (Å²) in [6.07, 6.45) is 2.09. The van der Waals surface area contributed by atoms with Gasteiger partial charge in [-0.2, -0.15) is 0 Å². The van der Waals surface area contributed by atoms with Gasteiger partial charge in [-0.05, 0) is 37.1 Å². The molecule has 2 aliphatic heterocycles. The van der Waals surface area contributed by atoms with Gasteiger partial charge in [0.25, 0.3) is 0 Å². The summed E-state index contributed by atoms with van der Waals surface area (Å²) in [4.78, 5) is 21.4. The number of anilines is 2. The molecule has 0 atom stereocenters. The Balaban J connectivity index is 0.00000240. The molecule has 0 aromatic heterocycles. The topological polar surface area (TPSA) is 89.9 Å². The first-order valence-corrected chi connectivity index (χ1v) is 9.63. The van der Waals surface area contributed by atoms with Gasteiger partial charge < -0.3 is 21.3 Å². The monoisotopic (exact) mass is 412 g/mol. The molecular formula is C21H25ClN6O. The Kier molecular flexibility index (Phi) is 7.08. The lowest BCUT2D eigenvalue weighted by Gasteiger charge is -2.16. The number of aliphatic imine (C=N–C) groups is 2. The van der Waals surface area contributed by atoms with E-state index in [2.05, 4.69) is 31.3 Å². The van der Waals surface area contributed by atoms with Crippen LogP contribution in [0.15, 0.2) is 58.5 Å². The van der Waals surface area contributed by atoms with Crippen molar-refractivity contribution in [1.82, 2.24) is 10.6 Å². The van der Waals surface area contributed by atoms with Crippen molar-refractivity contribution in [2.75, 3.05) is 36.8 Å². The zero-order chi connectivity index (χ0) is 19.2. The Morgan fingerprint density at radius 1 is 0.793 bits per heavy atom. The fraction of sp³-hybridized carbons (Fsp3) is 0.286. The molecule has 0 saturated heterocycles. The maximum absolute atomic E-state index is 12.4. The number of rotatable bonds is 4. The van der Waals surface area contributed by atoms with Crippen LogP contribution < -0.4 is 21.3 Å². The van der Waals surface area contributed by atoms with Gasteiger partial charge in [0.1, 0.15) is 11.7 Å². The third kappa shape index (κ3) is 5.48. The fourth-order valence-corrected chi connectivity index (χ4v) is 3.23. The molecule has 0 fully saturated rings. The van der Waals surface area contributed by atoms with Gasteiger partial charge >= 0.3 is 6.03 Å². The summed E-state index contributed by atoms with van der Waals surface area (Å²) >= 11 is 0. The van der Waals surface area contributed by atoms with Crippen molar-refractivity contribution < 1.29 is 4.79 Å². The van der Waals surface area contributed by atoms with Crippen LogP contribution in [0.25, 0.3) is 0 Å². The Labute approximate surface area is 176 Å². The van der Waals surface area contributed by atoms with E-state index in [0.717, 1.165) is 73.2 Å². The van der Waals surface area contributed by atoms with Gasteiger partial charge in [0.15, 0.2) is 0 Å². The quantitative estimate of drug-likeness (QED) is 0.621. The maximum Gasteiger partial charge on any atom is 0.323 e. The standard InChI is InChI=1S/C21H24N6O.ClH/c28-21(26-17-7-1-5-15(13-17)19-22-9-3-10-23-19)27-18-8-2-6-16(14-18)20-24-11-4-12-25-20;/h1-2,5-8,13-14H,3-4,9-12H2,(H,22,23)(H,24,25)(H2,26,27,28);1H. The third-order valence-electron chi connectivity index (χ3n) is 4.58. The molecule has 29 heavy (non-hydrogen) atoms. The second-order valence-corrected chi connectivity index (χ2v) is 6.76. The number of benzene rings is 2. The number of urea groups is 1. The van der Waals surface area contributed by atoms with E-state index in [1.165, 1.54) is 0 Å². The van der Waals surface area contributed by atoms with E-state index in [0.29, 0.717) is 0 Å². The first kappa shape index (κ1) is 20.7. The van der Waals surface area contributed by atoms with Crippen LogP contribution in [0.4, 0.5) is 16.2 Å². The lowest BCUT2D eigenvalue weighted by atomic mass is 10.1. The highest BCUT2D eigenvalue weighted by Gasteiger charge is 2.10. The van der Waals surface area contributed by atoms with Crippen LogP contribution in [0.2, 0.25) is 0 Å². The zero-order valence-corrected chi connectivity index (χ0v) is 16.9. The van der Waals surface area contributed by atoms with Crippen molar-refractivity contribution in [3.05, 3.63) is 59.7 Å². The minimum absolute atomic E-state index is 0. The highest BCUT2D eigenvalue weighted by atomic mass is 35.5. The van der Waals surface area contributed by atoms with E-state index >= 15 is 0 Å². The van der Waals surface area contributed by atoms with Crippen molar-refractivity contribution in [3.63, 3.8) is 0 Å². The van der Waals surface area contributed by atoms with Crippen molar-refractivity contribution in [1.29, 1.82) is 0 Å². The summed E-state index contributed by atoms with van der Waals surface area (Å²) in [6.45, 7) is 3.51. The first-order chi connectivity index (χ1) is 13.8. The lowest BCUT2D eigenvalue weighted by Crippen LogP contribution is -2.30. The Hall–Kier alpha value is -3.06. The summed E-state index contributed by atoms with van der Waals surface area (Å²) in [5.74, 6) is 1.76. The molecule has 8 heteroatoms. The number of carbonyl (C=O) groups is 1. The first-order valence-electron chi connectivity index (χ1n) is 9.63. The molecule has 4 N–H and O–H groups in total. The molecule has 0 aliphatic carbocycles. The lowest BCUT2D eigenvalue weighted by molar-refractivity contribution is 0.262. The number of carbonyl (C=O) groups excluding carboxylic acids is 1. The molecule has 2 heterocycles. The van der Waals surface area contributed by atoms with Gasteiger partial charge in [0.05, 0.1) is 0 Å².